The summed E-state index contributed by atoms with van der Waals surface area (Å²) >= 11 is 0. The lowest BCUT2D eigenvalue weighted by molar-refractivity contribution is -0.121. The summed E-state index contributed by atoms with van der Waals surface area (Å²) in [6.07, 6.45) is 2.23. The third kappa shape index (κ3) is 6.88. The first-order valence-corrected chi connectivity index (χ1v) is 10.5. The Kier molecular flexibility index (Phi) is 10.2. The van der Waals surface area contributed by atoms with Crippen molar-refractivity contribution in [1.82, 2.24) is 15.5 Å². The van der Waals surface area contributed by atoms with Crippen LogP contribution in [0.5, 0.6) is 5.75 Å². The number of nitrogens with one attached hydrogen (secondary N) is 2. The average molecular weight is 545 g/mol. The highest BCUT2D eigenvalue weighted by molar-refractivity contribution is 14.0. The number of carbonyl (C=O) groups is 2. The lowest BCUT2D eigenvalue weighted by Crippen LogP contribution is -2.50. The molecule has 3 rings (SSSR count). The second-order valence-corrected chi connectivity index (χ2v) is 7.26. The van der Waals surface area contributed by atoms with E-state index in [1.54, 1.807) is 16.8 Å². The fourth-order valence-electron chi connectivity index (χ4n) is 3.65. The van der Waals surface area contributed by atoms with E-state index in [1.165, 1.54) is 0 Å². The van der Waals surface area contributed by atoms with Gasteiger partial charge in [-0.2, -0.15) is 0 Å². The first-order chi connectivity index (χ1) is 14.6. The summed E-state index contributed by atoms with van der Waals surface area (Å²) in [4.78, 5) is 31.8. The minimum atomic E-state index is -0.238. The van der Waals surface area contributed by atoms with Gasteiger partial charge in [0, 0.05) is 39.3 Å². The number of hydrogen-bond acceptors (Lipinski definition) is 5. The van der Waals surface area contributed by atoms with Crippen LogP contribution in [0, 0.1) is 0 Å². The highest BCUT2D eigenvalue weighted by atomic mass is 127. The molecule has 0 saturated carbocycles. The van der Waals surface area contributed by atoms with E-state index in [1.807, 2.05) is 31.2 Å². The highest BCUT2D eigenvalue weighted by Gasteiger charge is 2.25. The Labute approximate surface area is 200 Å². The number of likely N-dealkylation sites (tertiary alicyclic amines) is 1. The van der Waals surface area contributed by atoms with Gasteiger partial charge in [-0.1, -0.05) is 12.1 Å². The number of fused-ring (bicyclic) bond motifs is 1. The normalized spacial score (nSPS) is 16.7. The molecular weight excluding hydrogens is 513 g/mol. The lowest BCUT2D eigenvalue weighted by atomic mass is 10.1. The number of carbonyl (C=O) groups excluding carboxylic acids is 2. The number of para-hydroxylation sites is 2. The monoisotopic (exact) mass is 545 g/mol. The molecule has 0 aromatic heterocycles. The van der Waals surface area contributed by atoms with Gasteiger partial charge in [0.1, 0.15) is 5.75 Å². The number of anilines is 1. The van der Waals surface area contributed by atoms with Crippen LogP contribution < -0.4 is 20.3 Å². The number of ether oxygens (including phenoxy) is 2. The summed E-state index contributed by atoms with van der Waals surface area (Å²) in [5, 5.41) is 6.73. The van der Waals surface area contributed by atoms with Gasteiger partial charge < -0.3 is 29.9 Å². The number of aliphatic imine (C=N–C) groups is 1. The molecule has 0 aliphatic carbocycles. The van der Waals surface area contributed by atoms with E-state index < -0.39 is 0 Å². The largest absolute Gasteiger partial charge is 0.482 e. The van der Waals surface area contributed by atoms with Gasteiger partial charge in [-0.25, -0.2) is 4.79 Å². The van der Waals surface area contributed by atoms with Crippen LogP contribution >= 0.6 is 24.0 Å². The maximum absolute atomic E-state index is 12.2. The first kappa shape index (κ1) is 25.0. The zero-order chi connectivity index (χ0) is 21.3. The van der Waals surface area contributed by atoms with Crippen LogP contribution in [0.4, 0.5) is 10.5 Å². The molecule has 2 amide bonds. The lowest BCUT2D eigenvalue weighted by Gasteiger charge is -2.32. The van der Waals surface area contributed by atoms with Gasteiger partial charge in [0.05, 0.1) is 12.3 Å². The highest BCUT2D eigenvalue weighted by Crippen LogP contribution is 2.31. The second-order valence-electron chi connectivity index (χ2n) is 7.26. The van der Waals surface area contributed by atoms with Crippen LogP contribution in [0.15, 0.2) is 29.3 Å². The van der Waals surface area contributed by atoms with E-state index in [4.69, 9.17) is 9.47 Å². The van der Waals surface area contributed by atoms with E-state index in [9.17, 15) is 9.59 Å². The molecule has 0 radical (unpaired) electrons. The van der Waals surface area contributed by atoms with Crippen molar-refractivity contribution >= 4 is 47.6 Å². The van der Waals surface area contributed by atoms with Crippen molar-refractivity contribution in [3.8, 4) is 5.75 Å². The Bertz CT molecular complexity index is 768. The molecule has 0 atom stereocenters. The number of hydrogen-bond donors (Lipinski definition) is 2. The van der Waals surface area contributed by atoms with E-state index in [0.717, 1.165) is 36.7 Å². The van der Waals surface area contributed by atoms with Gasteiger partial charge >= 0.3 is 6.09 Å². The van der Waals surface area contributed by atoms with Crippen molar-refractivity contribution < 1.29 is 19.1 Å². The third-order valence-electron chi connectivity index (χ3n) is 5.24. The van der Waals surface area contributed by atoms with Crippen LogP contribution in [0.2, 0.25) is 0 Å². The van der Waals surface area contributed by atoms with Gasteiger partial charge in [-0.3, -0.25) is 9.79 Å². The molecule has 1 aromatic rings. The number of guanidine groups is 1. The van der Waals surface area contributed by atoms with Gasteiger partial charge in [0.15, 0.2) is 12.6 Å². The third-order valence-corrected chi connectivity index (χ3v) is 5.24. The average Bonchev–Trinajstić information content (AvgIpc) is 2.77. The molecule has 2 N–H and O–H groups in total. The van der Waals surface area contributed by atoms with Crippen molar-refractivity contribution in [2.24, 2.45) is 4.99 Å². The summed E-state index contributed by atoms with van der Waals surface area (Å²) < 4.78 is 10.5. The summed E-state index contributed by atoms with van der Waals surface area (Å²) in [7, 11) is 1.74. The van der Waals surface area contributed by atoms with Crippen molar-refractivity contribution in [1.29, 1.82) is 0 Å². The SMILES string of the molecule is CCOC(=O)N1CCC(NC(=NC)NCCCN2C(=O)COc3ccccc32)CC1.I. The molecule has 2 aliphatic heterocycles. The number of amides is 2. The smallest absolute Gasteiger partial charge is 0.409 e. The fourth-order valence-corrected chi connectivity index (χ4v) is 3.65. The van der Waals surface area contributed by atoms with Crippen molar-refractivity contribution in [2.75, 3.05) is 51.3 Å². The van der Waals surface area contributed by atoms with E-state index in [0.29, 0.717) is 32.8 Å². The molecular formula is C21H32IN5O4. The molecule has 1 saturated heterocycles. The second kappa shape index (κ2) is 12.6. The first-order valence-electron chi connectivity index (χ1n) is 10.5. The summed E-state index contributed by atoms with van der Waals surface area (Å²) in [6, 6.07) is 7.86. The summed E-state index contributed by atoms with van der Waals surface area (Å²) in [6.45, 7) is 4.94. The predicted octanol–water partition coefficient (Wildman–Crippen LogP) is 2.21. The van der Waals surface area contributed by atoms with Crippen molar-refractivity contribution in [3.05, 3.63) is 24.3 Å². The molecule has 0 bridgehead atoms. The fraction of sp³-hybridized carbons (Fsp3) is 0.571. The van der Waals surface area contributed by atoms with Crippen LogP contribution in [0.1, 0.15) is 26.2 Å². The van der Waals surface area contributed by atoms with Gasteiger partial charge in [0.25, 0.3) is 5.91 Å². The molecule has 9 nitrogen and oxygen atoms in total. The number of benzene rings is 1. The van der Waals surface area contributed by atoms with Gasteiger partial charge in [-0.15, -0.1) is 24.0 Å². The molecule has 172 valence electrons. The maximum atomic E-state index is 12.2. The molecule has 2 heterocycles. The topological polar surface area (TPSA) is 95.5 Å². The maximum Gasteiger partial charge on any atom is 0.409 e. The molecule has 10 heteroatoms. The number of piperidine rings is 1. The number of halogens is 1. The van der Waals surface area contributed by atoms with Crippen LogP contribution in [-0.4, -0.2) is 75.3 Å². The van der Waals surface area contributed by atoms with Crippen LogP contribution in [0.25, 0.3) is 0 Å². The number of nitrogens with zero attached hydrogens (tertiary/aromatic N) is 3. The Morgan fingerprint density at radius 2 is 2.03 bits per heavy atom. The molecule has 1 aromatic carbocycles. The molecule has 1 fully saturated rings. The quantitative estimate of drug-likeness (QED) is 0.247. The summed E-state index contributed by atoms with van der Waals surface area (Å²) in [5.74, 6) is 1.46. The van der Waals surface area contributed by atoms with E-state index in [2.05, 4.69) is 15.6 Å². The molecule has 31 heavy (non-hydrogen) atoms. The Hall–Kier alpha value is -2.24. The summed E-state index contributed by atoms with van der Waals surface area (Å²) in [5.41, 5.74) is 0.824. The Morgan fingerprint density at radius 3 is 2.74 bits per heavy atom. The Balaban J connectivity index is 0.00000341. The number of rotatable bonds is 6. The van der Waals surface area contributed by atoms with E-state index >= 15 is 0 Å². The standard InChI is InChI=1S/C21H31N5O4.HI/c1-3-29-21(28)25-13-9-16(10-14-25)24-20(22-2)23-11-6-12-26-17-7-4-5-8-18(17)30-15-19(26)27;/h4-5,7-8,16H,3,6,9-15H2,1-2H3,(H2,22,23,24);1H. The van der Waals surface area contributed by atoms with Gasteiger partial charge in [0.2, 0.25) is 0 Å². The van der Waals surface area contributed by atoms with E-state index in [-0.39, 0.29) is 48.6 Å². The van der Waals surface area contributed by atoms with Crippen molar-refractivity contribution in [2.45, 2.75) is 32.2 Å². The zero-order valence-corrected chi connectivity index (χ0v) is 20.5. The minimum absolute atomic E-state index is 0. The Morgan fingerprint density at radius 1 is 1.29 bits per heavy atom. The predicted molar refractivity (Wildman–Crippen MR) is 130 cm³/mol. The van der Waals surface area contributed by atoms with Crippen LogP contribution in [-0.2, 0) is 9.53 Å². The van der Waals surface area contributed by atoms with Gasteiger partial charge in [-0.05, 0) is 38.3 Å². The molecule has 2 aliphatic rings. The minimum Gasteiger partial charge on any atom is -0.482 e. The zero-order valence-electron chi connectivity index (χ0n) is 18.1. The van der Waals surface area contributed by atoms with Crippen LogP contribution in [0.3, 0.4) is 0 Å². The van der Waals surface area contributed by atoms with Crippen molar-refractivity contribution in [3.63, 3.8) is 0 Å². The molecule has 0 spiro atoms. The molecule has 0 unspecified atom stereocenters.